The van der Waals surface area contributed by atoms with Crippen molar-refractivity contribution in [2.75, 3.05) is 19.7 Å². The van der Waals surface area contributed by atoms with Crippen molar-refractivity contribution < 1.29 is 19.4 Å². The molecule has 1 saturated heterocycles. The average molecular weight is 326 g/mol. The number of amides is 1. The largest absolute Gasteiger partial charge is 0.507 e. The fraction of sp³-hybridized carbons (Fsp3) is 0.500. The Kier molecular flexibility index (Phi) is 6.07. The molecule has 0 saturated carbocycles. The van der Waals surface area contributed by atoms with E-state index in [2.05, 4.69) is 0 Å². The number of phenols is 1. The first-order valence-corrected chi connectivity index (χ1v) is 7.89. The second-order valence-electron chi connectivity index (χ2n) is 5.39. The molecular weight excluding hydrogens is 306 g/mol. The second kappa shape index (κ2) is 8.03. The molecule has 0 unspecified atom stereocenters. The molecule has 1 amide bonds. The van der Waals surface area contributed by atoms with Crippen LogP contribution in [0.3, 0.4) is 0 Å². The van der Waals surface area contributed by atoms with E-state index in [9.17, 15) is 14.7 Å². The Morgan fingerprint density at radius 1 is 1.14 bits per heavy atom. The van der Waals surface area contributed by atoms with Crippen LogP contribution in [0.25, 0.3) is 0 Å². The Labute approximate surface area is 134 Å². The van der Waals surface area contributed by atoms with Crippen molar-refractivity contribution in [3.63, 3.8) is 0 Å². The number of hydrogen-bond donors (Lipinski definition) is 1. The van der Waals surface area contributed by atoms with Gasteiger partial charge in [0, 0.05) is 18.1 Å². The van der Waals surface area contributed by atoms with Gasteiger partial charge >= 0.3 is 5.97 Å². The van der Waals surface area contributed by atoms with Gasteiger partial charge in [-0.05, 0) is 31.0 Å². The number of ether oxygens (including phenoxy) is 1. The molecule has 120 valence electrons. The van der Waals surface area contributed by atoms with Crippen molar-refractivity contribution in [2.24, 2.45) is 0 Å². The number of rotatable bonds is 3. The van der Waals surface area contributed by atoms with Gasteiger partial charge in [-0.15, -0.1) is 0 Å². The number of aromatic hydroxyl groups is 1. The number of carbonyl (C=O) groups is 2. The van der Waals surface area contributed by atoms with Crippen LogP contribution < -0.4 is 0 Å². The first kappa shape index (κ1) is 16.6. The van der Waals surface area contributed by atoms with Gasteiger partial charge < -0.3 is 14.7 Å². The minimum absolute atomic E-state index is 0.00451. The Hall–Kier alpha value is -1.75. The average Bonchev–Trinajstić information content (AvgIpc) is 2.44. The third-order valence-electron chi connectivity index (χ3n) is 3.72. The lowest BCUT2D eigenvalue weighted by atomic mass is 10.1. The maximum Gasteiger partial charge on any atom is 0.342 e. The van der Waals surface area contributed by atoms with Gasteiger partial charge in [-0.25, -0.2) is 4.79 Å². The van der Waals surface area contributed by atoms with Crippen LogP contribution in [0.15, 0.2) is 18.2 Å². The van der Waals surface area contributed by atoms with E-state index in [0.717, 1.165) is 25.7 Å². The summed E-state index contributed by atoms with van der Waals surface area (Å²) in [6.07, 6.45) is 5.44. The van der Waals surface area contributed by atoms with Gasteiger partial charge in [0.25, 0.3) is 5.91 Å². The SMILES string of the molecule is O=C(OCC(=O)N1CCCCCCC1)c1ccc(Cl)cc1O. The molecule has 0 spiro atoms. The first-order chi connectivity index (χ1) is 10.6. The maximum atomic E-state index is 12.1. The van der Waals surface area contributed by atoms with Crippen LogP contribution in [0.1, 0.15) is 42.5 Å². The summed E-state index contributed by atoms with van der Waals surface area (Å²) >= 11 is 5.71. The number of nitrogens with zero attached hydrogens (tertiary/aromatic N) is 1. The molecule has 0 aliphatic carbocycles. The third kappa shape index (κ3) is 4.63. The summed E-state index contributed by atoms with van der Waals surface area (Å²) in [4.78, 5) is 25.7. The van der Waals surface area contributed by atoms with E-state index in [1.165, 1.54) is 24.6 Å². The van der Waals surface area contributed by atoms with E-state index in [1.54, 1.807) is 4.90 Å². The van der Waals surface area contributed by atoms with Crippen molar-refractivity contribution in [3.05, 3.63) is 28.8 Å². The summed E-state index contributed by atoms with van der Waals surface area (Å²) in [7, 11) is 0. The molecule has 0 bridgehead atoms. The second-order valence-corrected chi connectivity index (χ2v) is 5.82. The molecule has 6 heteroatoms. The highest BCUT2D eigenvalue weighted by atomic mass is 35.5. The van der Waals surface area contributed by atoms with E-state index in [1.807, 2.05) is 0 Å². The van der Waals surface area contributed by atoms with Gasteiger partial charge in [-0.2, -0.15) is 0 Å². The van der Waals surface area contributed by atoms with E-state index < -0.39 is 5.97 Å². The van der Waals surface area contributed by atoms with Crippen LogP contribution in [0.4, 0.5) is 0 Å². The number of benzene rings is 1. The monoisotopic (exact) mass is 325 g/mol. The molecule has 1 aromatic rings. The summed E-state index contributed by atoms with van der Waals surface area (Å²) in [6, 6.07) is 4.12. The third-order valence-corrected chi connectivity index (χ3v) is 3.95. The zero-order valence-electron chi connectivity index (χ0n) is 12.4. The van der Waals surface area contributed by atoms with Gasteiger partial charge in [-0.1, -0.05) is 30.9 Å². The smallest absolute Gasteiger partial charge is 0.342 e. The molecule has 22 heavy (non-hydrogen) atoms. The minimum atomic E-state index is -0.727. The van der Waals surface area contributed by atoms with E-state index >= 15 is 0 Å². The molecule has 5 nitrogen and oxygen atoms in total. The lowest BCUT2D eigenvalue weighted by Gasteiger charge is -2.24. The standard InChI is InChI=1S/C16H20ClNO4/c17-12-6-7-13(14(19)10-12)16(21)22-11-15(20)18-8-4-2-1-3-5-9-18/h6-7,10,19H,1-5,8-9,11H2. The molecule has 1 aliphatic heterocycles. The zero-order chi connectivity index (χ0) is 15.9. The normalized spacial score (nSPS) is 15.8. The van der Waals surface area contributed by atoms with Crippen LogP contribution in [-0.2, 0) is 9.53 Å². The van der Waals surface area contributed by atoms with Crippen molar-refractivity contribution in [3.8, 4) is 5.75 Å². The highest BCUT2D eigenvalue weighted by Gasteiger charge is 2.18. The number of carbonyl (C=O) groups excluding carboxylic acids is 2. The molecule has 0 aromatic heterocycles. The van der Waals surface area contributed by atoms with Crippen LogP contribution in [0.2, 0.25) is 5.02 Å². The quantitative estimate of drug-likeness (QED) is 0.867. The fourth-order valence-electron chi connectivity index (χ4n) is 2.47. The molecular formula is C16H20ClNO4. The van der Waals surface area contributed by atoms with Gasteiger partial charge in [0.2, 0.25) is 0 Å². The van der Waals surface area contributed by atoms with Crippen molar-refractivity contribution in [1.29, 1.82) is 0 Å². The highest BCUT2D eigenvalue weighted by Crippen LogP contribution is 2.22. The van der Waals surface area contributed by atoms with Crippen molar-refractivity contribution in [1.82, 2.24) is 4.90 Å². The van der Waals surface area contributed by atoms with Gasteiger partial charge in [0.1, 0.15) is 11.3 Å². The van der Waals surface area contributed by atoms with Crippen molar-refractivity contribution >= 4 is 23.5 Å². The number of hydrogen-bond acceptors (Lipinski definition) is 4. The van der Waals surface area contributed by atoms with E-state index in [-0.39, 0.29) is 23.8 Å². The topological polar surface area (TPSA) is 66.8 Å². The van der Waals surface area contributed by atoms with Crippen LogP contribution >= 0.6 is 11.6 Å². The van der Waals surface area contributed by atoms with E-state index in [0.29, 0.717) is 18.1 Å². The Bertz CT molecular complexity index is 539. The Balaban J connectivity index is 1.88. The molecule has 0 radical (unpaired) electrons. The summed E-state index contributed by atoms with van der Waals surface area (Å²) in [5.74, 6) is -1.17. The van der Waals surface area contributed by atoms with Gasteiger partial charge in [-0.3, -0.25) is 4.79 Å². The van der Waals surface area contributed by atoms with Crippen molar-refractivity contribution in [2.45, 2.75) is 32.1 Å². The van der Waals surface area contributed by atoms with Crippen LogP contribution in [0, 0.1) is 0 Å². The predicted octanol–water partition coefficient (Wildman–Crippen LogP) is 3.00. The predicted molar refractivity (Wildman–Crippen MR) is 83.1 cm³/mol. The molecule has 1 aromatic carbocycles. The number of phenolic OH excluding ortho intramolecular Hbond substituents is 1. The summed E-state index contributed by atoms with van der Waals surface area (Å²) < 4.78 is 5.00. The Morgan fingerprint density at radius 2 is 1.77 bits per heavy atom. The highest BCUT2D eigenvalue weighted by molar-refractivity contribution is 6.30. The summed E-state index contributed by atoms with van der Waals surface area (Å²) in [6.45, 7) is 1.12. The lowest BCUT2D eigenvalue weighted by molar-refractivity contribution is -0.134. The Morgan fingerprint density at radius 3 is 2.41 bits per heavy atom. The van der Waals surface area contributed by atoms with Gasteiger partial charge in [0.05, 0.1) is 0 Å². The fourth-order valence-corrected chi connectivity index (χ4v) is 2.64. The molecule has 1 fully saturated rings. The number of likely N-dealkylation sites (tertiary alicyclic amines) is 1. The molecule has 1 heterocycles. The first-order valence-electron chi connectivity index (χ1n) is 7.51. The summed E-state index contributed by atoms with van der Waals surface area (Å²) in [5, 5.41) is 9.99. The van der Waals surface area contributed by atoms with E-state index in [4.69, 9.17) is 16.3 Å². The minimum Gasteiger partial charge on any atom is -0.507 e. The molecule has 1 aliphatic rings. The molecule has 2 rings (SSSR count). The molecule has 1 N–H and O–H groups in total. The number of esters is 1. The molecule has 0 atom stereocenters. The maximum absolute atomic E-state index is 12.1. The lowest BCUT2D eigenvalue weighted by Crippen LogP contribution is -2.36. The van der Waals surface area contributed by atoms with Crippen LogP contribution in [0.5, 0.6) is 5.75 Å². The zero-order valence-corrected chi connectivity index (χ0v) is 13.1. The summed E-state index contributed by atoms with van der Waals surface area (Å²) in [5.41, 5.74) is 0.00451. The van der Waals surface area contributed by atoms with Crippen LogP contribution in [-0.4, -0.2) is 41.6 Å². The number of halogens is 1. The van der Waals surface area contributed by atoms with Gasteiger partial charge in [0.15, 0.2) is 6.61 Å².